The van der Waals surface area contributed by atoms with Crippen molar-refractivity contribution < 1.29 is 4.42 Å². The van der Waals surface area contributed by atoms with Crippen LogP contribution in [0, 0.1) is 0 Å². The van der Waals surface area contributed by atoms with Crippen molar-refractivity contribution >= 4 is 43.7 Å². The largest absolute Gasteiger partial charge is 0.456 e. The van der Waals surface area contributed by atoms with Crippen LogP contribution in [0.4, 0.5) is 0 Å². The lowest BCUT2D eigenvalue weighted by molar-refractivity contribution is 0.581. The van der Waals surface area contributed by atoms with Crippen LogP contribution < -0.4 is 0 Å². The Morgan fingerprint density at radius 2 is 1.15 bits per heavy atom. The minimum atomic E-state index is 0.214. The second-order valence-electron chi connectivity index (χ2n) is 16.1. The Balaban J connectivity index is 1.13. The molecule has 0 saturated carbocycles. The highest BCUT2D eigenvalue weighted by atomic mass is 16.3. The van der Waals surface area contributed by atoms with Gasteiger partial charge in [-0.3, -0.25) is 0 Å². The average Bonchev–Trinajstić information content (AvgIpc) is 3.82. The normalized spacial score (nSPS) is 15.0. The lowest BCUT2D eigenvalue weighted by atomic mass is 9.79. The molecule has 284 valence electrons. The highest BCUT2D eigenvalue weighted by Crippen LogP contribution is 2.50. The zero-order valence-corrected chi connectivity index (χ0v) is 33.1. The van der Waals surface area contributed by atoms with Gasteiger partial charge in [0.2, 0.25) is 0 Å². The van der Waals surface area contributed by atoms with Crippen molar-refractivity contribution in [1.82, 2.24) is 14.5 Å². The first kappa shape index (κ1) is 34.5. The Hall–Kier alpha value is -7.56. The summed E-state index contributed by atoms with van der Waals surface area (Å²) in [4.78, 5) is 10.8. The maximum atomic E-state index is 6.37. The van der Waals surface area contributed by atoms with Crippen LogP contribution in [0.3, 0.4) is 0 Å². The van der Waals surface area contributed by atoms with E-state index in [0.717, 1.165) is 67.6 Å². The molecule has 1 aliphatic carbocycles. The fraction of sp³-hybridized carbons (Fsp3) is 0.0714. The number of nitrogens with zero attached hydrogens (tertiary/aromatic N) is 3. The number of benzene rings is 8. The molecule has 12 rings (SSSR count). The standard InChI is InChI=1S/C56H39N3O/c1-35-47(36-16-4-2-5-17-36)32-38-20-8-9-21-40(38)44-30-31-45-41-22-10-13-25-50(41)59(55(45)54(35)44)51-26-14-11-24-46(51)56-57-48(37-18-6-3-7-19-37)34-49(58-56)39-28-29-43-42-23-12-15-27-52(42)60-53(43)33-39/h2-31,33-35,47H,32H2,1H3. The van der Waals surface area contributed by atoms with Crippen LogP contribution in [0.1, 0.15) is 35.4 Å². The molecule has 4 nitrogen and oxygen atoms in total. The first-order chi connectivity index (χ1) is 29.7. The first-order valence-corrected chi connectivity index (χ1v) is 20.8. The summed E-state index contributed by atoms with van der Waals surface area (Å²) < 4.78 is 8.87. The van der Waals surface area contributed by atoms with Crippen LogP contribution in [0.5, 0.6) is 0 Å². The number of furan rings is 1. The van der Waals surface area contributed by atoms with Gasteiger partial charge in [-0.1, -0.05) is 159 Å². The topological polar surface area (TPSA) is 43.9 Å². The van der Waals surface area contributed by atoms with E-state index in [1.807, 2.05) is 18.2 Å². The van der Waals surface area contributed by atoms with Crippen LogP contribution in [-0.4, -0.2) is 14.5 Å². The Labute approximate surface area is 348 Å². The van der Waals surface area contributed by atoms with E-state index in [1.54, 1.807) is 0 Å². The SMILES string of the molecule is CC1c2c(ccc3c4ccccc4n(-c4ccccc4-c4nc(-c5ccccc5)cc(-c5ccc6c(c5)oc5ccccc56)n4)c23)-c2ccccc2CC1c1ccccc1. The summed E-state index contributed by atoms with van der Waals surface area (Å²) >= 11 is 0. The number of hydrogen-bond acceptors (Lipinski definition) is 3. The molecule has 0 fully saturated rings. The third kappa shape index (κ3) is 5.45. The summed E-state index contributed by atoms with van der Waals surface area (Å²) in [5.41, 5.74) is 16.6. The second-order valence-corrected chi connectivity index (χ2v) is 16.1. The summed E-state index contributed by atoms with van der Waals surface area (Å²) in [6.07, 6.45) is 0.969. The third-order valence-electron chi connectivity index (χ3n) is 12.8. The van der Waals surface area contributed by atoms with Gasteiger partial charge in [-0.15, -0.1) is 0 Å². The van der Waals surface area contributed by atoms with Gasteiger partial charge in [-0.2, -0.15) is 0 Å². The molecule has 11 aromatic rings. The monoisotopic (exact) mass is 769 g/mol. The summed E-state index contributed by atoms with van der Waals surface area (Å²) in [5, 5.41) is 4.67. The van der Waals surface area contributed by atoms with Crippen molar-refractivity contribution in [1.29, 1.82) is 0 Å². The second kappa shape index (κ2) is 13.8. The molecule has 2 atom stereocenters. The lowest BCUT2D eigenvalue weighted by Gasteiger charge is -2.26. The van der Waals surface area contributed by atoms with Gasteiger partial charge < -0.3 is 8.98 Å². The fourth-order valence-electron chi connectivity index (χ4n) is 9.93. The summed E-state index contributed by atoms with van der Waals surface area (Å²) in [6.45, 7) is 2.44. The molecule has 2 unspecified atom stereocenters. The smallest absolute Gasteiger partial charge is 0.162 e. The van der Waals surface area contributed by atoms with Crippen LogP contribution in [-0.2, 0) is 6.42 Å². The van der Waals surface area contributed by atoms with Gasteiger partial charge in [0.1, 0.15) is 11.2 Å². The summed E-state index contributed by atoms with van der Waals surface area (Å²) in [6, 6.07) is 69.5. The van der Waals surface area contributed by atoms with E-state index >= 15 is 0 Å². The highest BCUT2D eigenvalue weighted by molar-refractivity contribution is 6.12. The van der Waals surface area contributed by atoms with Gasteiger partial charge in [0.15, 0.2) is 5.82 Å². The quantitative estimate of drug-likeness (QED) is 0.175. The predicted octanol–water partition coefficient (Wildman–Crippen LogP) is 14.6. The molecule has 0 spiro atoms. The van der Waals surface area contributed by atoms with E-state index in [2.05, 4.69) is 187 Å². The number of aromatic nitrogens is 3. The molecule has 0 aliphatic heterocycles. The minimum absolute atomic E-state index is 0.214. The van der Waals surface area contributed by atoms with Crippen molar-refractivity contribution in [2.75, 3.05) is 0 Å². The lowest BCUT2D eigenvalue weighted by Crippen LogP contribution is -2.12. The molecule has 0 N–H and O–H groups in total. The van der Waals surface area contributed by atoms with Gasteiger partial charge in [0.25, 0.3) is 0 Å². The number of fused-ring (bicyclic) bond motifs is 10. The Bertz CT molecular complexity index is 3430. The molecule has 0 amide bonds. The zero-order valence-electron chi connectivity index (χ0n) is 33.1. The van der Waals surface area contributed by atoms with Crippen molar-refractivity contribution in [3.8, 4) is 50.7 Å². The minimum Gasteiger partial charge on any atom is -0.456 e. The number of hydrogen-bond donors (Lipinski definition) is 0. The molecule has 4 heteroatoms. The molecule has 0 radical (unpaired) electrons. The van der Waals surface area contributed by atoms with E-state index in [4.69, 9.17) is 14.4 Å². The van der Waals surface area contributed by atoms with Crippen molar-refractivity contribution in [3.63, 3.8) is 0 Å². The van der Waals surface area contributed by atoms with Gasteiger partial charge in [0.05, 0.1) is 28.1 Å². The Kier molecular flexibility index (Phi) is 7.92. The van der Waals surface area contributed by atoms with Crippen LogP contribution in [0.2, 0.25) is 0 Å². The van der Waals surface area contributed by atoms with Crippen LogP contribution in [0.25, 0.3) is 94.5 Å². The van der Waals surface area contributed by atoms with Gasteiger partial charge in [-0.05, 0) is 88.5 Å². The zero-order chi connectivity index (χ0) is 39.7. The fourth-order valence-corrected chi connectivity index (χ4v) is 9.93. The highest BCUT2D eigenvalue weighted by Gasteiger charge is 2.32. The average molecular weight is 770 g/mol. The van der Waals surface area contributed by atoms with Gasteiger partial charge in [0, 0.05) is 38.2 Å². The summed E-state index contributed by atoms with van der Waals surface area (Å²) in [7, 11) is 0. The molecule has 3 heterocycles. The van der Waals surface area contributed by atoms with E-state index in [-0.39, 0.29) is 5.92 Å². The molecule has 3 aromatic heterocycles. The van der Waals surface area contributed by atoms with Crippen molar-refractivity contribution in [2.45, 2.75) is 25.2 Å². The molecule has 0 saturated heterocycles. The maximum absolute atomic E-state index is 6.37. The number of rotatable bonds is 5. The number of para-hydroxylation sites is 3. The van der Waals surface area contributed by atoms with Gasteiger partial charge >= 0.3 is 0 Å². The van der Waals surface area contributed by atoms with E-state index in [1.165, 1.54) is 44.1 Å². The molecule has 60 heavy (non-hydrogen) atoms. The maximum Gasteiger partial charge on any atom is 0.162 e. The van der Waals surface area contributed by atoms with Crippen LogP contribution >= 0.6 is 0 Å². The van der Waals surface area contributed by atoms with E-state index in [9.17, 15) is 0 Å². The molecule has 0 bridgehead atoms. The third-order valence-corrected chi connectivity index (χ3v) is 12.8. The first-order valence-electron chi connectivity index (χ1n) is 20.8. The molecular weight excluding hydrogens is 731 g/mol. The molecule has 8 aromatic carbocycles. The van der Waals surface area contributed by atoms with Crippen molar-refractivity contribution in [3.05, 3.63) is 211 Å². The van der Waals surface area contributed by atoms with E-state index < -0.39 is 0 Å². The van der Waals surface area contributed by atoms with Gasteiger partial charge in [-0.25, -0.2) is 9.97 Å². The van der Waals surface area contributed by atoms with E-state index in [0.29, 0.717) is 11.7 Å². The molecule has 1 aliphatic rings. The summed E-state index contributed by atoms with van der Waals surface area (Å²) in [5.74, 6) is 1.17. The Morgan fingerprint density at radius 1 is 0.500 bits per heavy atom. The van der Waals surface area contributed by atoms with Crippen molar-refractivity contribution in [2.24, 2.45) is 0 Å². The van der Waals surface area contributed by atoms with Crippen LogP contribution in [0.15, 0.2) is 199 Å². The Morgan fingerprint density at radius 3 is 2.00 bits per heavy atom. The predicted molar refractivity (Wildman–Crippen MR) is 247 cm³/mol. The molecular formula is C56H39N3O.